The van der Waals surface area contributed by atoms with Crippen LogP contribution in [0.4, 0.5) is 5.69 Å². The van der Waals surface area contributed by atoms with Gasteiger partial charge >= 0.3 is 0 Å². The summed E-state index contributed by atoms with van der Waals surface area (Å²) >= 11 is 5.63. The third-order valence-electron chi connectivity index (χ3n) is 1.71. The third-order valence-corrected chi connectivity index (χ3v) is 2.03. The number of allylic oxidation sites excluding steroid dienone is 1. The van der Waals surface area contributed by atoms with E-state index in [2.05, 4.69) is 0 Å². The van der Waals surface area contributed by atoms with Gasteiger partial charge in [-0.15, -0.1) is 0 Å². The number of rotatable bonds is 4. The lowest BCUT2D eigenvalue weighted by Gasteiger charge is -1.96. The third kappa shape index (κ3) is 3.18. The maximum absolute atomic E-state index is 10.5. The van der Waals surface area contributed by atoms with E-state index in [1.807, 2.05) is 0 Å². The number of nitro benzene ring substituents is 1. The van der Waals surface area contributed by atoms with Gasteiger partial charge in [0.15, 0.2) is 0 Å². The molecule has 1 aromatic rings. The van der Waals surface area contributed by atoms with Crippen LogP contribution >= 0.6 is 11.6 Å². The molecule has 0 radical (unpaired) electrons. The van der Waals surface area contributed by atoms with Crippen LogP contribution < -0.4 is 0 Å². The van der Waals surface area contributed by atoms with Crippen molar-refractivity contribution in [3.63, 3.8) is 0 Å². The van der Waals surface area contributed by atoms with Gasteiger partial charge in [-0.2, -0.15) is 0 Å². The Labute approximate surface area is 91.3 Å². The molecular formula is C10H8ClNO3. The second-order valence-corrected chi connectivity index (χ2v) is 3.18. The molecule has 0 aromatic heterocycles. The number of benzene rings is 1. The Morgan fingerprint density at radius 1 is 1.47 bits per heavy atom. The SMILES string of the molecule is O=CCC=Cc1ccc(Cl)c([N+](=O)[O-])c1. The molecule has 15 heavy (non-hydrogen) atoms. The fourth-order valence-corrected chi connectivity index (χ4v) is 1.22. The molecule has 1 aromatic carbocycles. The van der Waals surface area contributed by atoms with Crippen LogP contribution in [0.1, 0.15) is 12.0 Å². The average molecular weight is 226 g/mol. The molecule has 78 valence electrons. The molecule has 0 spiro atoms. The first-order valence-electron chi connectivity index (χ1n) is 4.19. The van der Waals surface area contributed by atoms with E-state index in [1.165, 1.54) is 12.1 Å². The summed E-state index contributed by atoms with van der Waals surface area (Å²) in [7, 11) is 0. The van der Waals surface area contributed by atoms with Crippen molar-refractivity contribution in [2.45, 2.75) is 6.42 Å². The van der Waals surface area contributed by atoms with Crippen molar-refractivity contribution < 1.29 is 9.72 Å². The predicted octanol–water partition coefficient (Wildman–Crippen LogP) is 2.85. The van der Waals surface area contributed by atoms with Gasteiger partial charge < -0.3 is 4.79 Å². The first-order valence-corrected chi connectivity index (χ1v) is 4.57. The number of aldehydes is 1. The summed E-state index contributed by atoms with van der Waals surface area (Å²) in [5.41, 5.74) is 0.512. The zero-order valence-electron chi connectivity index (χ0n) is 7.72. The van der Waals surface area contributed by atoms with Gasteiger partial charge in [-0.1, -0.05) is 29.8 Å². The Hall–Kier alpha value is -1.68. The first kappa shape index (κ1) is 11.4. The molecule has 0 aliphatic carbocycles. The van der Waals surface area contributed by atoms with Crippen molar-refractivity contribution in [2.24, 2.45) is 0 Å². The molecule has 0 aliphatic heterocycles. The summed E-state index contributed by atoms with van der Waals surface area (Å²) < 4.78 is 0. The van der Waals surface area contributed by atoms with Crippen LogP contribution in [0.3, 0.4) is 0 Å². The minimum Gasteiger partial charge on any atom is -0.303 e. The second-order valence-electron chi connectivity index (χ2n) is 2.77. The summed E-state index contributed by atoms with van der Waals surface area (Å²) in [5.74, 6) is 0. The molecule has 0 unspecified atom stereocenters. The number of hydrogen-bond acceptors (Lipinski definition) is 3. The van der Waals surface area contributed by atoms with Gasteiger partial charge in [-0.3, -0.25) is 10.1 Å². The molecule has 0 N–H and O–H groups in total. The van der Waals surface area contributed by atoms with E-state index in [-0.39, 0.29) is 17.1 Å². The second kappa shape index (κ2) is 5.26. The smallest absolute Gasteiger partial charge is 0.288 e. The molecule has 0 fully saturated rings. The minimum absolute atomic E-state index is 0.104. The summed E-state index contributed by atoms with van der Waals surface area (Å²) in [4.78, 5) is 20.0. The van der Waals surface area contributed by atoms with Crippen molar-refractivity contribution in [1.29, 1.82) is 0 Å². The number of nitrogens with zero attached hydrogens (tertiary/aromatic N) is 1. The van der Waals surface area contributed by atoms with Gasteiger partial charge in [0.1, 0.15) is 11.3 Å². The fourth-order valence-electron chi connectivity index (χ4n) is 1.03. The highest BCUT2D eigenvalue weighted by Crippen LogP contribution is 2.25. The van der Waals surface area contributed by atoms with Gasteiger partial charge in [0, 0.05) is 12.5 Å². The maximum Gasteiger partial charge on any atom is 0.288 e. The van der Waals surface area contributed by atoms with Crippen molar-refractivity contribution in [3.8, 4) is 0 Å². The highest BCUT2D eigenvalue weighted by atomic mass is 35.5. The van der Waals surface area contributed by atoms with Crippen molar-refractivity contribution in [3.05, 3.63) is 45.0 Å². The van der Waals surface area contributed by atoms with Gasteiger partial charge in [-0.05, 0) is 11.6 Å². The monoisotopic (exact) mass is 225 g/mol. The highest BCUT2D eigenvalue weighted by Gasteiger charge is 2.11. The topological polar surface area (TPSA) is 60.2 Å². The zero-order valence-corrected chi connectivity index (χ0v) is 8.48. The van der Waals surface area contributed by atoms with E-state index >= 15 is 0 Å². The predicted molar refractivity (Wildman–Crippen MR) is 57.8 cm³/mol. The van der Waals surface area contributed by atoms with E-state index in [1.54, 1.807) is 18.2 Å². The molecule has 0 amide bonds. The maximum atomic E-state index is 10.5. The van der Waals surface area contributed by atoms with Gasteiger partial charge in [0.05, 0.1) is 4.92 Å². The molecule has 1 rings (SSSR count). The van der Waals surface area contributed by atoms with Crippen LogP contribution in [-0.2, 0) is 4.79 Å². The number of carbonyl (C=O) groups is 1. The van der Waals surface area contributed by atoms with Crippen LogP contribution in [0.25, 0.3) is 6.08 Å². The van der Waals surface area contributed by atoms with Crippen LogP contribution in [0.5, 0.6) is 0 Å². The normalized spacial score (nSPS) is 10.5. The summed E-state index contributed by atoms with van der Waals surface area (Å²) in [6, 6.07) is 4.47. The van der Waals surface area contributed by atoms with E-state index < -0.39 is 4.92 Å². The van der Waals surface area contributed by atoms with Gasteiger partial charge in [0.25, 0.3) is 5.69 Å². The summed E-state index contributed by atoms with van der Waals surface area (Å²) in [6.07, 6.45) is 4.30. The van der Waals surface area contributed by atoms with E-state index in [4.69, 9.17) is 11.6 Å². The average Bonchev–Trinajstić information content (AvgIpc) is 2.20. The fraction of sp³-hybridized carbons (Fsp3) is 0.100. The molecule has 0 saturated heterocycles. The molecule has 0 heterocycles. The van der Waals surface area contributed by atoms with Crippen LogP contribution in [-0.4, -0.2) is 11.2 Å². The van der Waals surface area contributed by atoms with Crippen LogP contribution in [0, 0.1) is 10.1 Å². The summed E-state index contributed by atoms with van der Waals surface area (Å²) in [5, 5.41) is 10.6. The molecular weight excluding hydrogens is 218 g/mol. The molecule has 0 bridgehead atoms. The Morgan fingerprint density at radius 2 is 2.20 bits per heavy atom. The Bertz CT molecular complexity index is 415. The minimum atomic E-state index is -0.542. The first-order chi connectivity index (χ1) is 7.15. The number of nitro groups is 1. The molecule has 4 nitrogen and oxygen atoms in total. The van der Waals surface area contributed by atoms with Crippen LogP contribution in [0.2, 0.25) is 5.02 Å². The quantitative estimate of drug-likeness (QED) is 0.450. The Kier molecular flexibility index (Phi) is 4.00. The van der Waals surface area contributed by atoms with E-state index in [0.717, 1.165) is 6.29 Å². The number of halogens is 1. The number of carbonyl (C=O) groups excluding carboxylic acids is 1. The molecule has 0 saturated carbocycles. The largest absolute Gasteiger partial charge is 0.303 e. The van der Waals surface area contributed by atoms with Crippen molar-refractivity contribution in [2.75, 3.05) is 0 Å². The number of hydrogen-bond donors (Lipinski definition) is 0. The van der Waals surface area contributed by atoms with Crippen molar-refractivity contribution >= 4 is 29.7 Å². The molecule has 5 heteroatoms. The zero-order chi connectivity index (χ0) is 11.3. The van der Waals surface area contributed by atoms with Crippen molar-refractivity contribution in [1.82, 2.24) is 0 Å². The van der Waals surface area contributed by atoms with E-state index in [0.29, 0.717) is 5.56 Å². The lowest BCUT2D eigenvalue weighted by atomic mass is 10.2. The Morgan fingerprint density at radius 3 is 2.80 bits per heavy atom. The van der Waals surface area contributed by atoms with Gasteiger partial charge in [-0.25, -0.2) is 0 Å². The lowest BCUT2D eigenvalue weighted by Crippen LogP contribution is -1.89. The lowest BCUT2D eigenvalue weighted by molar-refractivity contribution is -0.384. The standard InChI is InChI=1S/C10H8ClNO3/c11-9-5-4-8(3-1-2-6-13)7-10(9)12(14)15/h1,3-7H,2H2. The molecule has 0 aliphatic rings. The molecule has 0 atom stereocenters. The van der Waals surface area contributed by atoms with E-state index in [9.17, 15) is 14.9 Å². The summed E-state index contributed by atoms with van der Waals surface area (Å²) in [6.45, 7) is 0. The van der Waals surface area contributed by atoms with Crippen LogP contribution in [0.15, 0.2) is 24.3 Å². The highest BCUT2D eigenvalue weighted by molar-refractivity contribution is 6.32. The Balaban J connectivity index is 2.97. The van der Waals surface area contributed by atoms with Gasteiger partial charge in [0.2, 0.25) is 0 Å².